The van der Waals surface area contributed by atoms with Gasteiger partial charge in [0.2, 0.25) is 0 Å². The van der Waals surface area contributed by atoms with Gasteiger partial charge in [0.25, 0.3) is 0 Å². The summed E-state index contributed by atoms with van der Waals surface area (Å²) in [6.07, 6.45) is -0.356. The van der Waals surface area contributed by atoms with Gasteiger partial charge >= 0.3 is 44.7 Å². The first kappa shape index (κ1) is 23.3. The predicted molar refractivity (Wildman–Crippen MR) is 60.6 cm³/mol. The third kappa shape index (κ3) is 31.7. The molecule has 0 aliphatic carbocycles. The van der Waals surface area contributed by atoms with Gasteiger partial charge < -0.3 is 31.0 Å². The molecule has 17 heavy (non-hydrogen) atoms. The first-order valence-electron chi connectivity index (χ1n) is 4.45. The zero-order chi connectivity index (χ0) is 13.2. The second kappa shape index (κ2) is 12.3. The Bertz CT molecular complexity index is 229. The van der Waals surface area contributed by atoms with Crippen LogP contribution in [0.15, 0.2) is 0 Å². The molecule has 0 aliphatic heterocycles. The molecule has 0 saturated carbocycles. The van der Waals surface area contributed by atoms with E-state index in [-0.39, 0.29) is 54.7 Å². The Balaban J connectivity index is -0.000000340. The first-order chi connectivity index (χ1) is 7.12. The van der Waals surface area contributed by atoms with Crippen molar-refractivity contribution in [3.05, 3.63) is 6.54 Å². The summed E-state index contributed by atoms with van der Waals surface area (Å²) in [5, 5.41) is 0. The van der Waals surface area contributed by atoms with Gasteiger partial charge in [-0.1, -0.05) is 0 Å². The van der Waals surface area contributed by atoms with Gasteiger partial charge in [0.1, 0.15) is 0 Å². The van der Waals surface area contributed by atoms with Crippen LogP contribution >= 0.6 is 15.2 Å². The van der Waals surface area contributed by atoms with Crippen LogP contribution in [0, 0.1) is 6.54 Å². The normalized spacial score (nSPS) is 11.2. The van der Waals surface area contributed by atoms with Crippen LogP contribution in [0.1, 0.15) is 12.8 Å². The smallest absolute Gasteiger partial charge is 0.482 e. The molecule has 0 amide bonds. The van der Waals surface area contributed by atoms with Crippen molar-refractivity contribution in [2.75, 3.05) is 18.9 Å². The maximum absolute atomic E-state index is 10.3. The van der Waals surface area contributed by atoms with Gasteiger partial charge in [-0.05, 0) is 12.8 Å². The van der Waals surface area contributed by atoms with Gasteiger partial charge in [-0.25, -0.2) is 0 Å². The summed E-state index contributed by atoms with van der Waals surface area (Å²) in [7, 11) is -8.00. The molecule has 0 aliphatic rings. The molecule has 8 N–H and O–H groups in total. The number of nitrogens with two attached hydrogens (primary N) is 2. The Morgan fingerprint density at radius 2 is 1.18 bits per heavy atom. The molecule has 0 heterocycles. The zero-order valence-corrected chi connectivity index (χ0v) is 13.6. The molecule has 100 valence electrons. The minimum Gasteiger partial charge on any atom is -0.482 e. The summed E-state index contributed by atoms with van der Waals surface area (Å²) < 4.78 is 20.5. The van der Waals surface area contributed by atoms with Gasteiger partial charge in [-0.2, -0.15) is 0 Å². The zero-order valence-electron chi connectivity index (χ0n) is 9.77. The van der Waals surface area contributed by atoms with Crippen LogP contribution in [-0.4, -0.2) is 38.4 Å². The predicted octanol–water partition coefficient (Wildman–Crippen LogP) is -3.81. The first-order valence-corrected chi connectivity index (χ1v) is 8.04. The van der Waals surface area contributed by atoms with Crippen LogP contribution < -0.4 is 41.0 Å². The molecule has 0 radical (unpaired) electrons. The van der Waals surface area contributed by atoms with Crippen molar-refractivity contribution in [1.82, 2.24) is 0 Å². The molecule has 0 bridgehead atoms. The molecule has 0 aromatic heterocycles. The van der Waals surface area contributed by atoms with E-state index in [0.29, 0.717) is 6.54 Å². The van der Waals surface area contributed by atoms with Gasteiger partial charge in [-0.3, -0.25) is 15.7 Å². The van der Waals surface area contributed by atoms with Crippen molar-refractivity contribution in [2.24, 2.45) is 11.5 Å². The van der Waals surface area contributed by atoms with E-state index in [0.717, 1.165) is 0 Å². The Kier molecular flexibility index (Phi) is 16.8. The fourth-order valence-electron chi connectivity index (χ4n) is 0.636. The monoisotopic (exact) mass is 300 g/mol. The molecular weight excluding hydrogens is 281 g/mol. The topological polar surface area (TPSA) is 167 Å². The van der Waals surface area contributed by atoms with Crippen molar-refractivity contribution < 1.29 is 58.3 Å². The maximum Gasteiger partial charge on any atom is 1.00 e. The Labute approximate surface area is 123 Å². The SMILES string of the molecule is N[CH-]CN.O=P(O)(O)CCCCP(=O)(O)O.[Na+]. The maximum atomic E-state index is 10.3. The van der Waals surface area contributed by atoms with E-state index in [4.69, 9.17) is 31.0 Å². The number of hydrogen-bond donors (Lipinski definition) is 6. The van der Waals surface area contributed by atoms with Crippen molar-refractivity contribution in [1.29, 1.82) is 0 Å². The van der Waals surface area contributed by atoms with E-state index >= 15 is 0 Å². The number of unbranched alkanes of at least 4 members (excludes halogenated alkanes) is 1. The molecule has 0 unspecified atom stereocenters. The summed E-state index contributed by atoms with van der Waals surface area (Å²) in [4.78, 5) is 33.5. The van der Waals surface area contributed by atoms with Crippen LogP contribution in [0.2, 0.25) is 0 Å². The molecule has 0 aromatic rings. The van der Waals surface area contributed by atoms with Gasteiger partial charge in [0.05, 0.1) is 0 Å². The van der Waals surface area contributed by atoms with Crippen molar-refractivity contribution in [3.8, 4) is 0 Å². The molecule has 0 spiro atoms. The Hall–Kier alpha value is 1.22. The fraction of sp³-hybridized carbons (Fsp3) is 0.833. The second-order valence-corrected chi connectivity index (χ2v) is 6.51. The Morgan fingerprint density at radius 1 is 0.941 bits per heavy atom. The fourth-order valence-corrected chi connectivity index (χ4v) is 1.91. The van der Waals surface area contributed by atoms with E-state index in [1.807, 2.05) is 0 Å². The summed E-state index contributed by atoms with van der Waals surface area (Å²) in [6, 6.07) is 0. The quantitative estimate of drug-likeness (QED) is 0.126. The van der Waals surface area contributed by atoms with E-state index in [1.165, 1.54) is 6.54 Å². The van der Waals surface area contributed by atoms with E-state index in [9.17, 15) is 9.13 Å². The van der Waals surface area contributed by atoms with Gasteiger partial charge in [0, 0.05) is 12.3 Å². The molecule has 0 atom stereocenters. The minimum absolute atomic E-state index is 0. The third-order valence-corrected chi connectivity index (χ3v) is 3.08. The van der Waals surface area contributed by atoms with Gasteiger partial charge in [-0.15, -0.1) is 6.54 Å². The molecule has 0 saturated heterocycles. The third-order valence-electron chi connectivity index (χ3n) is 1.28. The van der Waals surface area contributed by atoms with Gasteiger partial charge in [0.15, 0.2) is 0 Å². The molecule has 0 fully saturated rings. The Morgan fingerprint density at radius 3 is 1.29 bits per heavy atom. The van der Waals surface area contributed by atoms with Crippen LogP contribution in [-0.2, 0) is 9.13 Å². The largest absolute Gasteiger partial charge is 1.00 e. The average molecular weight is 300 g/mol. The van der Waals surface area contributed by atoms with Crippen LogP contribution in [0.5, 0.6) is 0 Å². The molecule has 11 heteroatoms. The van der Waals surface area contributed by atoms with Crippen molar-refractivity contribution >= 4 is 15.2 Å². The number of rotatable bonds is 6. The van der Waals surface area contributed by atoms with Crippen molar-refractivity contribution in [3.63, 3.8) is 0 Å². The number of hydrogen-bond acceptors (Lipinski definition) is 4. The molecular formula is C6H19N2NaO6P2. The van der Waals surface area contributed by atoms with Crippen molar-refractivity contribution in [2.45, 2.75) is 12.8 Å². The summed E-state index contributed by atoms with van der Waals surface area (Å²) in [5.74, 6) is 0. The van der Waals surface area contributed by atoms with Crippen LogP contribution in [0.3, 0.4) is 0 Å². The average Bonchev–Trinajstić information content (AvgIpc) is 2.10. The van der Waals surface area contributed by atoms with E-state index < -0.39 is 15.2 Å². The second-order valence-electron chi connectivity index (χ2n) is 2.96. The molecule has 8 nitrogen and oxygen atoms in total. The summed E-state index contributed by atoms with van der Waals surface area (Å²) in [6.45, 7) is 1.88. The summed E-state index contributed by atoms with van der Waals surface area (Å²) >= 11 is 0. The molecule has 0 rings (SSSR count). The van der Waals surface area contributed by atoms with Crippen LogP contribution in [0.25, 0.3) is 0 Å². The van der Waals surface area contributed by atoms with E-state index in [2.05, 4.69) is 0 Å². The minimum atomic E-state index is -4.00. The standard InChI is InChI=1S/C4H12O6P2.C2H7N2.Na/c5-11(6,7)3-1-2-4-12(8,9)10;3-1-2-4;/h1-4H2,(H2,5,6,7)(H2,8,9,10);1H,2-4H2;/q;-1;+1. The van der Waals surface area contributed by atoms with Crippen LogP contribution in [0.4, 0.5) is 0 Å². The summed E-state index contributed by atoms with van der Waals surface area (Å²) in [5.41, 5.74) is 9.62. The van der Waals surface area contributed by atoms with E-state index in [1.54, 1.807) is 0 Å². The molecule has 0 aromatic carbocycles.